The van der Waals surface area contributed by atoms with Gasteiger partial charge in [-0.2, -0.15) is 0 Å². The van der Waals surface area contributed by atoms with Gasteiger partial charge in [-0.15, -0.1) is 0 Å². The number of hydrogen-bond acceptors (Lipinski definition) is 6. The van der Waals surface area contributed by atoms with Gasteiger partial charge in [-0.25, -0.2) is 0 Å². The van der Waals surface area contributed by atoms with E-state index in [0.717, 1.165) is 44.7 Å². The first-order valence-electron chi connectivity index (χ1n) is 9.09. The number of aromatic nitrogens is 2. The molecule has 0 radical (unpaired) electrons. The minimum absolute atomic E-state index is 0.407. The molecule has 0 saturated carbocycles. The lowest BCUT2D eigenvalue weighted by atomic mass is 10.1. The third kappa shape index (κ3) is 3.62. The molecule has 4 rings (SSSR count). The van der Waals surface area contributed by atoms with E-state index in [1.165, 1.54) is 0 Å². The zero-order chi connectivity index (χ0) is 19.7. The van der Waals surface area contributed by atoms with Crippen molar-refractivity contribution >= 4 is 33.2 Å². The number of nitrogens with two attached hydrogens (primary N) is 2. The first kappa shape index (κ1) is 17.9. The van der Waals surface area contributed by atoms with Gasteiger partial charge in [0.05, 0.1) is 11.0 Å². The van der Waals surface area contributed by atoms with Gasteiger partial charge in [-0.3, -0.25) is 9.97 Å². The number of fused-ring (bicyclic) bond motifs is 2. The van der Waals surface area contributed by atoms with E-state index >= 15 is 0 Å². The average Bonchev–Trinajstić information content (AvgIpc) is 2.65. The molecule has 0 saturated heterocycles. The molecule has 0 atom stereocenters. The van der Waals surface area contributed by atoms with Crippen molar-refractivity contribution in [1.29, 1.82) is 0 Å². The van der Waals surface area contributed by atoms with Crippen LogP contribution in [-0.2, 0) is 0 Å². The second-order valence-corrected chi connectivity index (χ2v) is 6.76. The van der Waals surface area contributed by atoms with Crippen molar-refractivity contribution in [2.75, 3.05) is 24.7 Å². The summed E-state index contributed by atoms with van der Waals surface area (Å²) in [4.78, 5) is 8.95. The number of nitrogen functional groups attached to an aromatic ring is 2. The molecule has 4 N–H and O–H groups in total. The highest BCUT2D eigenvalue weighted by Gasteiger charge is 2.05. The predicted molar refractivity (Wildman–Crippen MR) is 113 cm³/mol. The smallest absolute Gasteiger partial charge is 0.122 e. The Morgan fingerprint density at radius 1 is 0.679 bits per heavy atom. The number of nitrogens with zero attached hydrogens (tertiary/aromatic N) is 2. The van der Waals surface area contributed by atoms with E-state index in [9.17, 15) is 0 Å². The highest BCUT2D eigenvalue weighted by Crippen LogP contribution is 2.26. The summed E-state index contributed by atoms with van der Waals surface area (Å²) < 4.78 is 11.6. The maximum absolute atomic E-state index is 6.09. The van der Waals surface area contributed by atoms with Crippen LogP contribution in [0.15, 0.2) is 48.5 Å². The first-order chi connectivity index (χ1) is 13.5. The average molecular weight is 374 g/mol. The van der Waals surface area contributed by atoms with Crippen molar-refractivity contribution in [1.82, 2.24) is 9.97 Å². The van der Waals surface area contributed by atoms with E-state index in [0.29, 0.717) is 24.6 Å². The van der Waals surface area contributed by atoms with Crippen LogP contribution < -0.4 is 20.9 Å². The van der Waals surface area contributed by atoms with Crippen molar-refractivity contribution in [2.24, 2.45) is 0 Å². The number of ether oxygens (including phenoxy) is 2. The van der Waals surface area contributed by atoms with E-state index in [4.69, 9.17) is 20.9 Å². The molecule has 4 aromatic rings. The summed E-state index contributed by atoms with van der Waals surface area (Å²) in [5.74, 6) is 1.46. The Kier molecular flexibility index (Phi) is 4.61. The van der Waals surface area contributed by atoms with Gasteiger partial charge in [-0.05, 0) is 62.4 Å². The molecule has 0 aliphatic heterocycles. The van der Waals surface area contributed by atoms with Gasteiger partial charge < -0.3 is 20.9 Å². The minimum atomic E-state index is 0.407. The van der Waals surface area contributed by atoms with Crippen LogP contribution in [0, 0.1) is 13.8 Å². The number of benzene rings is 2. The van der Waals surface area contributed by atoms with Crippen LogP contribution in [0.4, 0.5) is 11.4 Å². The van der Waals surface area contributed by atoms with Crippen molar-refractivity contribution < 1.29 is 9.47 Å². The molecular weight excluding hydrogens is 352 g/mol. The third-order valence-electron chi connectivity index (χ3n) is 4.50. The molecule has 0 aliphatic rings. The summed E-state index contributed by atoms with van der Waals surface area (Å²) in [6, 6.07) is 15.1. The molecule has 28 heavy (non-hydrogen) atoms. The van der Waals surface area contributed by atoms with Crippen LogP contribution >= 0.6 is 0 Å². The van der Waals surface area contributed by atoms with Crippen molar-refractivity contribution in [2.45, 2.75) is 13.8 Å². The molecule has 6 heteroatoms. The standard InChI is InChI=1S/C22H22N4O2/c1-13-9-19(23)17-11-15(3-5-21(17)25-13)27-7-8-28-16-4-6-22-18(12-16)20(24)10-14(2)26-22/h3-6,9-12H,7-8H2,1-2H3,(H2,23,25)(H2,24,26). The van der Waals surface area contributed by atoms with Gasteiger partial charge in [0.2, 0.25) is 0 Å². The monoisotopic (exact) mass is 374 g/mol. The maximum atomic E-state index is 6.09. The third-order valence-corrected chi connectivity index (χ3v) is 4.50. The Bertz CT molecular complexity index is 1080. The second kappa shape index (κ2) is 7.23. The zero-order valence-electron chi connectivity index (χ0n) is 15.9. The fourth-order valence-electron chi connectivity index (χ4n) is 3.24. The maximum Gasteiger partial charge on any atom is 0.122 e. The first-order valence-corrected chi connectivity index (χ1v) is 9.09. The van der Waals surface area contributed by atoms with Gasteiger partial charge in [0, 0.05) is 33.5 Å². The summed E-state index contributed by atoms with van der Waals surface area (Å²) in [6.07, 6.45) is 0. The molecular formula is C22H22N4O2. The van der Waals surface area contributed by atoms with E-state index in [1.807, 2.05) is 62.4 Å². The number of anilines is 2. The molecule has 142 valence electrons. The van der Waals surface area contributed by atoms with E-state index < -0.39 is 0 Å². The molecule has 0 amide bonds. The summed E-state index contributed by atoms with van der Waals surface area (Å²) >= 11 is 0. The second-order valence-electron chi connectivity index (χ2n) is 6.76. The number of pyridine rings is 2. The highest BCUT2D eigenvalue weighted by atomic mass is 16.5. The van der Waals surface area contributed by atoms with Gasteiger partial charge in [0.15, 0.2) is 0 Å². The number of rotatable bonds is 5. The topological polar surface area (TPSA) is 96.3 Å². The van der Waals surface area contributed by atoms with Crippen molar-refractivity contribution in [3.05, 3.63) is 59.9 Å². The molecule has 2 aromatic carbocycles. The SMILES string of the molecule is Cc1cc(N)c2cc(OCCOc3ccc4nc(C)cc(N)c4c3)ccc2n1. The van der Waals surface area contributed by atoms with Crippen molar-refractivity contribution in [3.63, 3.8) is 0 Å². The Hall–Kier alpha value is -3.54. The van der Waals surface area contributed by atoms with E-state index in [-0.39, 0.29) is 0 Å². The molecule has 0 spiro atoms. The van der Waals surface area contributed by atoms with Crippen LogP contribution in [0.3, 0.4) is 0 Å². The summed E-state index contributed by atoms with van der Waals surface area (Å²) in [5, 5.41) is 1.77. The van der Waals surface area contributed by atoms with Crippen LogP contribution in [0.25, 0.3) is 21.8 Å². The Labute approximate surface area is 163 Å². The van der Waals surface area contributed by atoms with Crippen LogP contribution in [0.5, 0.6) is 11.5 Å². The van der Waals surface area contributed by atoms with Gasteiger partial charge >= 0.3 is 0 Å². The van der Waals surface area contributed by atoms with Gasteiger partial charge in [-0.1, -0.05) is 0 Å². The van der Waals surface area contributed by atoms with Crippen LogP contribution in [0.1, 0.15) is 11.4 Å². The minimum Gasteiger partial charge on any atom is -0.490 e. The Morgan fingerprint density at radius 3 is 1.54 bits per heavy atom. The zero-order valence-corrected chi connectivity index (χ0v) is 15.9. The normalized spacial score (nSPS) is 11.1. The summed E-state index contributed by atoms with van der Waals surface area (Å²) in [6.45, 7) is 4.67. The van der Waals surface area contributed by atoms with Crippen molar-refractivity contribution in [3.8, 4) is 11.5 Å². The fraction of sp³-hybridized carbons (Fsp3) is 0.182. The van der Waals surface area contributed by atoms with Crippen LogP contribution in [-0.4, -0.2) is 23.2 Å². The Balaban J connectivity index is 1.40. The van der Waals surface area contributed by atoms with Crippen LogP contribution in [0.2, 0.25) is 0 Å². The molecule has 0 unspecified atom stereocenters. The fourth-order valence-corrected chi connectivity index (χ4v) is 3.24. The predicted octanol–water partition coefficient (Wildman–Crippen LogP) is 4.02. The number of hydrogen-bond donors (Lipinski definition) is 2. The van der Waals surface area contributed by atoms with Gasteiger partial charge in [0.25, 0.3) is 0 Å². The quantitative estimate of drug-likeness (QED) is 0.512. The Morgan fingerprint density at radius 2 is 1.11 bits per heavy atom. The highest BCUT2D eigenvalue weighted by molar-refractivity contribution is 5.92. The molecule has 2 aromatic heterocycles. The van der Waals surface area contributed by atoms with E-state index in [2.05, 4.69) is 9.97 Å². The van der Waals surface area contributed by atoms with Gasteiger partial charge in [0.1, 0.15) is 24.7 Å². The molecule has 0 bridgehead atoms. The van der Waals surface area contributed by atoms with E-state index in [1.54, 1.807) is 0 Å². The largest absolute Gasteiger partial charge is 0.490 e. The molecule has 6 nitrogen and oxygen atoms in total. The summed E-state index contributed by atoms with van der Waals surface area (Å²) in [5.41, 5.74) is 17.1. The molecule has 0 fully saturated rings. The lowest BCUT2D eigenvalue weighted by Gasteiger charge is -2.11. The molecule has 0 aliphatic carbocycles. The lowest BCUT2D eigenvalue weighted by Crippen LogP contribution is -2.09. The number of aryl methyl sites for hydroxylation is 2. The summed E-state index contributed by atoms with van der Waals surface area (Å²) in [7, 11) is 0. The lowest BCUT2D eigenvalue weighted by molar-refractivity contribution is 0.217. The molecule has 2 heterocycles.